The summed E-state index contributed by atoms with van der Waals surface area (Å²) in [5, 5.41) is 6.43. The van der Waals surface area contributed by atoms with Gasteiger partial charge in [-0.05, 0) is 18.2 Å². The van der Waals surface area contributed by atoms with Gasteiger partial charge >= 0.3 is 18.4 Å². The van der Waals surface area contributed by atoms with E-state index in [0.29, 0.717) is 6.07 Å². The average molecular weight is 559 g/mol. The standard InChI is InChI=1S/C21H18ClF7N4O4/c22-13-6-11(32-17-12(21(27,28)29)2-1-3-14(17)23)8-30-15(13)9-31-18(35)37-19(4-5-36-10-19)33-16(34)7-20(24,25)26/h1-3,6,8,32H,4-5,7,9-10H2,(H,31,35)(H,33,34)/t19-/m0/s1. The van der Waals surface area contributed by atoms with E-state index >= 15 is 0 Å². The molecule has 0 bridgehead atoms. The molecule has 1 saturated heterocycles. The van der Waals surface area contributed by atoms with Crippen LogP contribution in [0.5, 0.6) is 0 Å². The SMILES string of the molecule is O=C(CC(F)(F)F)N[C@]1(OC(=O)NCc2ncc(Nc3c(F)cccc3C(F)(F)F)cc2Cl)CCOC1. The first-order valence-corrected chi connectivity index (χ1v) is 10.7. The first-order valence-electron chi connectivity index (χ1n) is 10.4. The largest absolute Gasteiger partial charge is 0.420 e. The van der Waals surface area contributed by atoms with E-state index in [-0.39, 0.29) is 42.6 Å². The van der Waals surface area contributed by atoms with E-state index in [1.54, 1.807) is 0 Å². The van der Waals surface area contributed by atoms with Crippen LogP contribution in [0.15, 0.2) is 30.5 Å². The molecule has 2 aromatic rings. The van der Waals surface area contributed by atoms with E-state index in [1.807, 2.05) is 5.32 Å². The summed E-state index contributed by atoms with van der Waals surface area (Å²) in [6.07, 6.45) is -11.6. The fourth-order valence-electron chi connectivity index (χ4n) is 3.30. The van der Waals surface area contributed by atoms with Gasteiger partial charge in [0.05, 0.1) is 47.0 Å². The molecule has 0 unspecified atom stereocenters. The van der Waals surface area contributed by atoms with Gasteiger partial charge in [0.25, 0.3) is 0 Å². The molecule has 1 aliphatic heterocycles. The Morgan fingerprint density at radius 2 is 1.92 bits per heavy atom. The minimum absolute atomic E-state index is 0.0134. The molecule has 1 aromatic heterocycles. The number of carbonyl (C=O) groups excluding carboxylic acids is 2. The average Bonchev–Trinajstić information content (AvgIpc) is 3.19. The number of carbonyl (C=O) groups is 2. The Hall–Kier alpha value is -3.33. The van der Waals surface area contributed by atoms with Crippen molar-refractivity contribution in [2.75, 3.05) is 18.5 Å². The topological polar surface area (TPSA) is 102 Å². The number of hydrogen-bond acceptors (Lipinski definition) is 6. The van der Waals surface area contributed by atoms with Crippen LogP contribution in [-0.2, 0) is 27.0 Å². The lowest BCUT2D eigenvalue weighted by Gasteiger charge is -2.28. The van der Waals surface area contributed by atoms with Gasteiger partial charge in [0.1, 0.15) is 18.8 Å². The van der Waals surface area contributed by atoms with Crippen LogP contribution in [0.3, 0.4) is 0 Å². The van der Waals surface area contributed by atoms with Gasteiger partial charge in [0.15, 0.2) is 0 Å². The monoisotopic (exact) mass is 558 g/mol. The van der Waals surface area contributed by atoms with Crippen molar-refractivity contribution in [3.05, 3.63) is 52.6 Å². The summed E-state index contributed by atoms with van der Waals surface area (Å²) >= 11 is 6.08. The van der Waals surface area contributed by atoms with Crippen LogP contribution >= 0.6 is 11.6 Å². The summed E-state index contributed by atoms with van der Waals surface area (Å²) in [6, 6.07) is 3.58. The van der Waals surface area contributed by atoms with Gasteiger partial charge < -0.3 is 25.4 Å². The van der Waals surface area contributed by atoms with Crippen molar-refractivity contribution in [2.24, 2.45) is 0 Å². The van der Waals surface area contributed by atoms with Crippen molar-refractivity contribution in [3.8, 4) is 0 Å². The van der Waals surface area contributed by atoms with Crippen molar-refractivity contribution in [1.82, 2.24) is 15.6 Å². The summed E-state index contributed by atoms with van der Waals surface area (Å²) in [5.41, 5.74) is -3.94. The van der Waals surface area contributed by atoms with Crippen LogP contribution in [0.2, 0.25) is 5.02 Å². The summed E-state index contributed by atoms with van der Waals surface area (Å²) in [7, 11) is 0. The van der Waals surface area contributed by atoms with E-state index in [1.165, 1.54) is 0 Å². The van der Waals surface area contributed by atoms with Crippen LogP contribution < -0.4 is 16.0 Å². The lowest BCUT2D eigenvalue weighted by molar-refractivity contribution is -0.158. The first-order chi connectivity index (χ1) is 17.2. The molecule has 3 N–H and O–H groups in total. The number of aromatic nitrogens is 1. The molecule has 3 rings (SSSR count). The molecule has 0 saturated carbocycles. The second-order valence-electron chi connectivity index (χ2n) is 7.82. The van der Waals surface area contributed by atoms with Gasteiger partial charge in [0, 0.05) is 6.42 Å². The minimum Gasteiger partial charge on any atom is -0.420 e. The fourth-order valence-corrected chi connectivity index (χ4v) is 3.53. The maximum Gasteiger partial charge on any atom is 0.418 e. The maximum absolute atomic E-state index is 14.0. The van der Waals surface area contributed by atoms with Gasteiger partial charge in [-0.15, -0.1) is 0 Å². The Morgan fingerprint density at radius 3 is 2.51 bits per heavy atom. The first kappa shape index (κ1) is 28.2. The molecule has 1 atom stereocenters. The van der Waals surface area contributed by atoms with Crippen LogP contribution in [0.25, 0.3) is 0 Å². The molecule has 1 aromatic carbocycles. The Labute approximate surface area is 209 Å². The van der Waals surface area contributed by atoms with Gasteiger partial charge in [-0.2, -0.15) is 26.3 Å². The summed E-state index contributed by atoms with van der Waals surface area (Å²) < 4.78 is 101. The van der Waals surface area contributed by atoms with Gasteiger partial charge in [0.2, 0.25) is 11.6 Å². The number of hydrogen-bond donors (Lipinski definition) is 3. The van der Waals surface area contributed by atoms with Crippen LogP contribution in [0, 0.1) is 5.82 Å². The molecule has 0 spiro atoms. The Bertz CT molecular complexity index is 1150. The van der Waals surface area contributed by atoms with Crippen molar-refractivity contribution in [2.45, 2.75) is 37.5 Å². The number of alkyl halides is 6. The number of nitrogens with one attached hydrogen (secondary N) is 3. The maximum atomic E-state index is 14.0. The molecular weight excluding hydrogens is 541 g/mol. The zero-order valence-electron chi connectivity index (χ0n) is 18.5. The Kier molecular flexibility index (Phi) is 8.37. The minimum atomic E-state index is -4.83. The molecule has 202 valence electrons. The number of anilines is 2. The van der Waals surface area contributed by atoms with E-state index in [0.717, 1.165) is 24.4 Å². The summed E-state index contributed by atoms with van der Waals surface area (Å²) in [4.78, 5) is 27.8. The smallest absolute Gasteiger partial charge is 0.418 e. The number of alkyl carbamates (subject to hydrolysis) is 1. The zero-order valence-corrected chi connectivity index (χ0v) is 19.3. The predicted octanol–water partition coefficient (Wildman–Crippen LogP) is 5.05. The second-order valence-corrected chi connectivity index (χ2v) is 8.22. The third kappa shape index (κ3) is 7.82. The molecular formula is C21H18ClF7N4O4. The number of nitrogens with zero attached hydrogens (tertiary/aromatic N) is 1. The molecule has 0 radical (unpaired) electrons. The Balaban J connectivity index is 1.63. The number of ether oxygens (including phenoxy) is 2. The number of rotatable bonds is 7. The summed E-state index contributed by atoms with van der Waals surface area (Å²) in [6.45, 7) is -0.724. The molecule has 1 aliphatic rings. The van der Waals surface area contributed by atoms with Gasteiger partial charge in [-0.3, -0.25) is 9.78 Å². The van der Waals surface area contributed by atoms with Crippen molar-refractivity contribution < 1.29 is 49.8 Å². The van der Waals surface area contributed by atoms with Gasteiger partial charge in [-0.25, -0.2) is 9.18 Å². The lowest BCUT2D eigenvalue weighted by atomic mass is 10.1. The van der Waals surface area contributed by atoms with E-state index in [9.17, 15) is 40.3 Å². The molecule has 2 amide bonds. The van der Waals surface area contributed by atoms with Crippen LogP contribution in [0.1, 0.15) is 24.1 Å². The van der Waals surface area contributed by atoms with Crippen LogP contribution in [-0.4, -0.2) is 42.1 Å². The highest BCUT2D eigenvalue weighted by atomic mass is 35.5. The number of pyridine rings is 1. The molecule has 1 fully saturated rings. The van der Waals surface area contributed by atoms with E-state index in [2.05, 4.69) is 15.6 Å². The number of benzene rings is 1. The Morgan fingerprint density at radius 1 is 1.19 bits per heavy atom. The second kappa shape index (κ2) is 11.0. The van der Waals surface area contributed by atoms with E-state index in [4.69, 9.17) is 21.1 Å². The van der Waals surface area contributed by atoms with Crippen LogP contribution in [0.4, 0.5) is 46.9 Å². The molecule has 2 heterocycles. The van der Waals surface area contributed by atoms with Crippen molar-refractivity contribution in [1.29, 1.82) is 0 Å². The predicted molar refractivity (Wildman–Crippen MR) is 114 cm³/mol. The fraction of sp³-hybridized carbons (Fsp3) is 0.381. The quantitative estimate of drug-likeness (QED) is 0.325. The van der Waals surface area contributed by atoms with E-state index < -0.39 is 53.6 Å². The highest BCUT2D eigenvalue weighted by molar-refractivity contribution is 6.31. The third-order valence-electron chi connectivity index (χ3n) is 4.91. The molecule has 0 aliphatic carbocycles. The molecule has 8 nitrogen and oxygen atoms in total. The highest BCUT2D eigenvalue weighted by Gasteiger charge is 2.43. The highest BCUT2D eigenvalue weighted by Crippen LogP contribution is 2.37. The normalized spacial score (nSPS) is 17.8. The number of para-hydroxylation sites is 1. The van der Waals surface area contributed by atoms with Gasteiger partial charge in [-0.1, -0.05) is 17.7 Å². The van der Waals surface area contributed by atoms with Crippen molar-refractivity contribution >= 4 is 35.0 Å². The summed E-state index contributed by atoms with van der Waals surface area (Å²) in [5.74, 6) is -2.58. The third-order valence-corrected chi connectivity index (χ3v) is 5.23. The molecule has 16 heteroatoms. The lowest BCUT2D eigenvalue weighted by Crippen LogP contribution is -2.54. The number of amides is 2. The van der Waals surface area contributed by atoms with Crippen molar-refractivity contribution in [3.63, 3.8) is 0 Å². The molecule has 37 heavy (non-hydrogen) atoms. The number of halogens is 8. The zero-order chi connectivity index (χ0) is 27.4.